The quantitative estimate of drug-likeness (QED) is 0.718. The Morgan fingerprint density at radius 3 is 2.72 bits per heavy atom. The molecule has 3 aromatic rings. The molecule has 0 radical (unpaired) electrons. The predicted octanol–water partition coefficient (Wildman–Crippen LogP) is 2.92. The second-order valence-electron chi connectivity index (χ2n) is 6.01. The van der Waals surface area contributed by atoms with Gasteiger partial charge in [0.1, 0.15) is 9.88 Å². The van der Waals surface area contributed by atoms with E-state index in [2.05, 4.69) is 20.1 Å². The van der Waals surface area contributed by atoms with Gasteiger partial charge in [0.05, 0.1) is 6.20 Å². The number of carbonyl (C=O) groups excluding carboxylic acids is 1. The van der Waals surface area contributed by atoms with E-state index in [-0.39, 0.29) is 11.8 Å². The van der Waals surface area contributed by atoms with Gasteiger partial charge in [-0.05, 0) is 31.9 Å². The Morgan fingerprint density at radius 2 is 2.04 bits per heavy atom. The predicted molar refractivity (Wildman–Crippen MR) is 92.3 cm³/mol. The zero-order chi connectivity index (χ0) is 17.2. The number of amides is 1. The van der Waals surface area contributed by atoms with E-state index in [1.54, 1.807) is 18.6 Å². The van der Waals surface area contributed by atoms with Crippen LogP contribution in [-0.2, 0) is 0 Å². The van der Waals surface area contributed by atoms with Crippen molar-refractivity contribution in [3.8, 4) is 10.6 Å². The summed E-state index contributed by atoms with van der Waals surface area (Å²) < 4.78 is 5.26. The minimum atomic E-state index is 0.0398. The van der Waals surface area contributed by atoms with Crippen LogP contribution in [0.15, 0.2) is 35.2 Å². The minimum absolute atomic E-state index is 0.0398. The lowest BCUT2D eigenvalue weighted by molar-refractivity contribution is 0.0709. The lowest BCUT2D eigenvalue weighted by Gasteiger charge is -2.29. The van der Waals surface area contributed by atoms with Crippen LogP contribution in [0.2, 0.25) is 0 Å². The topological polar surface area (TPSA) is 85.0 Å². The highest BCUT2D eigenvalue weighted by molar-refractivity contribution is 7.16. The van der Waals surface area contributed by atoms with Crippen LogP contribution in [0.25, 0.3) is 10.6 Å². The third-order valence-electron chi connectivity index (χ3n) is 4.32. The molecule has 7 nitrogen and oxygen atoms in total. The second-order valence-corrected chi connectivity index (χ2v) is 7.04. The van der Waals surface area contributed by atoms with Crippen LogP contribution in [0.5, 0.6) is 0 Å². The Morgan fingerprint density at radius 1 is 1.28 bits per heavy atom. The number of carbonyl (C=O) groups is 1. The van der Waals surface area contributed by atoms with Crippen molar-refractivity contribution in [3.05, 3.63) is 47.3 Å². The molecule has 4 rings (SSSR count). The fourth-order valence-electron chi connectivity index (χ4n) is 2.97. The van der Waals surface area contributed by atoms with Gasteiger partial charge in [-0.25, -0.2) is 4.98 Å². The smallest absolute Gasteiger partial charge is 0.265 e. The molecule has 0 N–H and O–H groups in total. The van der Waals surface area contributed by atoms with E-state index in [1.165, 1.54) is 11.3 Å². The average Bonchev–Trinajstić information content (AvgIpc) is 3.31. The highest BCUT2D eigenvalue weighted by atomic mass is 32.1. The van der Waals surface area contributed by atoms with Crippen LogP contribution >= 0.6 is 11.3 Å². The lowest BCUT2D eigenvalue weighted by atomic mass is 9.96. The zero-order valence-corrected chi connectivity index (χ0v) is 14.6. The van der Waals surface area contributed by atoms with Gasteiger partial charge in [0, 0.05) is 37.0 Å². The van der Waals surface area contributed by atoms with Crippen molar-refractivity contribution in [3.63, 3.8) is 0 Å². The second kappa shape index (κ2) is 6.72. The van der Waals surface area contributed by atoms with Gasteiger partial charge in [0.25, 0.3) is 5.91 Å². The number of thiazole rings is 1. The molecule has 0 atom stereocenters. The van der Waals surface area contributed by atoms with Crippen molar-refractivity contribution in [2.75, 3.05) is 13.1 Å². The van der Waals surface area contributed by atoms with Crippen molar-refractivity contribution >= 4 is 17.2 Å². The van der Waals surface area contributed by atoms with E-state index in [1.807, 2.05) is 24.0 Å². The van der Waals surface area contributed by atoms with Crippen LogP contribution in [0, 0.1) is 6.92 Å². The molecule has 1 aliphatic heterocycles. The molecule has 8 heteroatoms. The van der Waals surface area contributed by atoms with Gasteiger partial charge in [0.15, 0.2) is 5.82 Å². The highest BCUT2D eigenvalue weighted by Crippen LogP contribution is 2.29. The van der Waals surface area contributed by atoms with Crippen molar-refractivity contribution in [2.24, 2.45) is 0 Å². The number of hydrogen-bond acceptors (Lipinski definition) is 7. The fourth-order valence-corrected chi connectivity index (χ4v) is 3.85. The number of piperidine rings is 1. The molecule has 0 saturated carbocycles. The Kier molecular flexibility index (Phi) is 4.27. The van der Waals surface area contributed by atoms with E-state index in [0.717, 1.165) is 23.4 Å². The molecule has 0 bridgehead atoms. The Labute approximate surface area is 148 Å². The van der Waals surface area contributed by atoms with Crippen molar-refractivity contribution in [1.29, 1.82) is 0 Å². The van der Waals surface area contributed by atoms with E-state index >= 15 is 0 Å². The van der Waals surface area contributed by atoms with Crippen LogP contribution in [0.1, 0.15) is 40.1 Å². The molecular weight excluding hydrogens is 338 g/mol. The zero-order valence-electron chi connectivity index (χ0n) is 13.8. The summed E-state index contributed by atoms with van der Waals surface area (Å²) in [5, 5.41) is 4.68. The molecule has 0 unspecified atom stereocenters. The standard InChI is InChI=1S/C17H17N5O2S/c1-11-20-15(24-21-11)12-4-8-22(9-5-12)17(23)14-10-19-16(25-14)13-2-6-18-7-3-13/h2-3,6-7,10,12H,4-5,8-9H2,1H3. The van der Waals surface area contributed by atoms with E-state index < -0.39 is 0 Å². The summed E-state index contributed by atoms with van der Waals surface area (Å²) in [6, 6.07) is 3.79. The van der Waals surface area contributed by atoms with Gasteiger partial charge in [-0.1, -0.05) is 5.16 Å². The first-order chi connectivity index (χ1) is 12.2. The van der Waals surface area contributed by atoms with Crippen molar-refractivity contribution in [1.82, 2.24) is 25.0 Å². The maximum absolute atomic E-state index is 12.7. The Bertz CT molecular complexity index is 868. The highest BCUT2D eigenvalue weighted by Gasteiger charge is 2.28. The maximum Gasteiger partial charge on any atom is 0.265 e. The number of likely N-dealkylation sites (tertiary alicyclic amines) is 1. The number of rotatable bonds is 3. The van der Waals surface area contributed by atoms with Crippen LogP contribution < -0.4 is 0 Å². The molecule has 128 valence electrons. The van der Waals surface area contributed by atoms with E-state index in [9.17, 15) is 4.79 Å². The molecule has 3 aromatic heterocycles. The molecule has 4 heterocycles. The van der Waals surface area contributed by atoms with Gasteiger partial charge in [-0.2, -0.15) is 4.98 Å². The average molecular weight is 355 g/mol. The molecule has 0 aromatic carbocycles. The summed E-state index contributed by atoms with van der Waals surface area (Å²) in [6.07, 6.45) is 6.79. The Hall–Kier alpha value is -2.61. The number of hydrogen-bond donors (Lipinski definition) is 0. The maximum atomic E-state index is 12.7. The van der Waals surface area contributed by atoms with E-state index in [0.29, 0.717) is 29.7 Å². The lowest BCUT2D eigenvalue weighted by Crippen LogP contribution is -2.37. The number of aromatic nitrogens is 4. The number of pyridine rings is 1. The summed E-state index contributed by atoms with van der Waals surface area (Å²) in [4.78, 5) is 28.0. The van der Waals surface area contributed by atoms with Gasteiger partial charge in [-0.15, -0.1) is 11.3 Å². The molecule has 1 aliphatic rings. The SMILES string of the molecule is Cc1noc(C2CCN(C(=O)c3cnc(-c4ccncc4)s3)CC2)n1. The van der Waals surface area contributed by atoms with Gasteiger partial charge in [-0.3, -0.25) is 9.78 Å². The van der Waals surface area contributed by atoms with Gasteiger partial charge >= 0.3 is 0 Å². The van der Waals surface area contributed by atoms with Crippen LogP contribution in [0.4, 0.5) is 0 Å². The normalized spacial score (nSPS) is 15.5. The monoisotopic (exact) mass is 355 g/mol. The third kappa shape index (κ3) is 3.30. The number of nitrogens with zero attached hydrogens (tertiary/aromatic N) is 5. The van der Waals surface area contributed by atoms with Gasteiger partial charge in [0.2, 0.25) is 5.89 Å². The molecule has 0 spiro atoms. The first-order valence-electron chi connectivity index (χ1n) is 8.16. The van der Waals surface area contributed by atoms with Crippen molar-refractivity contribution < 1.29 is 9.32 Å². The summed E-state index contributed by atoms with van der Waals surface area (Å²) in [7, 11) is 0. The van der Waals surface area contributed by atoms with Crippen molar-refractivity contribution in [2.45, 2.75) is 25.7 Å². The number of aryl methyl sites for hydroxylation is 1. The fraction of sp³-hybridized carbons (Fsp3) is 0.353. The molecule has 1 fully saturated rings. The molecule has 1 amide bonds. The Balaban J connectivity index is 1.42. The van der Waals surface area contributed by atoms with Gasteiger partial charge < -0.3 is 9.42 Å². The largest absolute Gasteiger partial charge is 0.339 e. The summed E-state index contributed by atoms with van der Waals surface area (Å²) >= 11 is 1.42. The van der Waals surface area contributed by atoms with Crippen LogP contribution in [0.3, 0.4) is 0 Å². The molecular formula is C17H17N5O2S. The molecule has 0 aliphatic carbocycles. The minimum Gasteiger partial charge on any atom is -0.339 e. The first kappa shape index (κ1) is 15.9. The summed E-state index contributed by atoms with van der Waals surface area (Å²) in [6.45, 7) is 3.19. The molecule has 1 saturated heterocycles. The third-order valence-corrected chi connectivity index (χ3v) is 5.35. The van der Waals surface area contributed by atoms with E-state index in [4.69, 9.17) is 4.52 Å². The first-order valence-corrected chi connectivity index (χ1v) is 8.98. The van der Waals surface area contributed by atoms with Crippen LogP contribution in [-0.4, -0.2) is 44.0 Å². The summed E-state index contributed by atoms with van der Waals surface area (Å²) in [5.74, 6) is 1.61. The summed E-state index contributed by atoms with van der Waals surface area (Å²) in [5.41, 5.74) is 0.976. The molecule has 25 heavy (non-hydrogen) atoms.